The van der Waals surface area contributed by atoms with Crippen molar-refractivity contribution in [2.75, 3.05) is 17.3 Å². The van der Waals surface area contributed by atoms with Crippen LogP contribution in [0.5, 0.6) is 5.75 Å². The van der Waals surface area contributed by atoms with Crippen molar-refractivity contribution in [1.82, 2.24) is 14.9 Å². The normalized spacial score (nSPS) is 16.9. The van der Waals surface area contributed by atoms with E-state index in [9.17, 15) is 4.79 Å². The number of anilines is 2. The first-order chi connectivity index (χ1) is 18.3. The number of nitrogens with one attached hydrogen (secondary N) is 2. The Morgan fingerprint density at radius 2 is 1.74 bits per heavy atom. The smallest absolute Gasteiger partial charge is 0.221 e. The molecule has 38 heavy (non-hydrogen) atoms. The van der Waals surface area contributed by atoms with E-state index in [1.54, 1.807) is 7.11 Å². The second-order valence-corrected chi connectivity index (χ2v) is 9.83. The maximum absolute atomic E-state index is 11.9. The topological polar surface area (TPSA) is 71.4 Å². The minimum atomic E-state index is -0.182. The number of para-hydroxylation sites is 1. The standard InChI is InChI=1S/C30H31N5O2S/c1-18-19(2)34(22-11-7-6-8-12-22)20(3)27(18)29-28(24-13-9-10-16-31-24)33-30(38)35(29)23-14-15-26(37-5)25(17-23)32-21(4)36/h6-17,28-29H,1-5H3,(H,32,36)(H,33,38)/t28-,29-/m0/s1. The van der Waals surface area contributed by atoms with E-state index in [2.05, 4.69) is 65.1 Å². The zero-order valence-corrected chi connectivity index (χ0v) is 23.0. The maximum atomic E-state index is 11.9. The van der Waals surface area contributed by atoms with Crippen LogP contribution in [0.1, 0.15) is 47.2 Å². The molecule has 3 heterocycles. The lowest BCUT2D eigenvalue weighted by Crippen LogP contribution is -2.30. The molecule has 4 aromatic rings. The highest BCUT2D eigenvalue weighted by atomic mass is 32.1. The van der Waals surface area contributed by atoms with Crippen LogP contribution in [0.25, 0.3) is 5.69 Å². The molecular formula is C30H31N5O2S. The molecule has 2 aromatic heterocycles. The van der Waals surface area contributed by atoms with Crippen LogP contribution >= 0.6 is 12.2 Å². The fraction of sp³-hybridized carbons (Fsp3) is 0.233. The fourth-order valence-electron chi connectivity index (χ4n) is 5.47. The molecule has 0 spiro atoms. The van der Waals surface area contributed by atoms with Gasteiger partial charge in [0.15, 0.2) is 5.11 Å². The van der Waals surface area contributed by atoms with E-state index in [0.717, 1.165) is 22.8 Å². The third kappa shape index (κ3) is 4.41. The lowest BCUT2D eigenvalue weighted by atomic mass is 9.93. The van der Waals surface area contributed by atoms with Crippen LogP contribution in [0, 0.1) is 20.8 Å². The molecule has 1 saturated heterocycles. The number of benzene rings is 2. The number of ether oxygens (including phenoxy) is 1. The third-order valence-corrected chi connectivity index (χ3v) is 7.50. The van der Waals surface area contributed by atoms with Crippen LogP contribution in [0.15, 0.2) is 72.9 Å². The number of carbonyl (C=O) groups excluding carboxylic acids is 1. The highest BCUT2D eigenvalue weighted by Gasteiger charge is 2.43. The van der Waals surface area contributed by atoms with Gasteiger partial charge >= 0.3 is 0 Å². The van der Waals surface area contributed by atoms with Gasteiger partial charge < -0.3 is 24.8 Å². The highest BCUT2D eigenvalue weighted by Crippen LogP contribution is 2.46. The maximum Gasteiger partial charge on any atom is 0.221 e. The van der Waals surface area contributed by atoms with Gasteiger partial charge in [0.05, 0.1) is 30.6 Å². The van der Waals surface area contributed by atoms with E-state index < -0.39 is 0 Å². The van der Waals surface area contributed by atoms with Gasteiger partial charge in [-0.2, -0.15) is 0 Å². The van der Waals surface area contributed by atoms with Crippen molar-refractivity contribution in [1.29, 1.82) is 0 Å². The Hall–Kier alpha value is -4.17. The lowest BCUT2D eigenvalue weighted by molar-refractivity contribution is -0.114. The number of hydrogen-bond acceptors (Lipinski definition) is 4. The molecule has 1 aliphatic rings. The molecule has 1 aliphatic heterocycles. The van der Waals surface area contributed by atoms with Crippen LogP contribution in [0.2, 0.25) is 0 Å². The Bertz CT molecular complexity index is 1500. The summed E-state index contributed by atoms with van der Waals surface area (Å²) in [6.07, 6.45) is 1.81. The minimum Gasteiger partial charge on any atom is -0.495 e. The molecule has 2 N–H and O–H groups in total. The molecule has 8 heteroatoms. The van der Waals surface area contributed by atoms with Gasteiger partial charge in [-0.15, -0.1) is 0 Å². The molecule has 7 nitrogen and oxygen atoms in total. The van der Waals surface area contributed by atoms with Crippen LogP contribution in [0.4, 0.5) is 11.4 Å². The number of hydrogen-bond donors (Lipinski definition) is 2. The van der Waals surface area contributed by atoms with E-state index in [0.29, 0.717) is 16.5 Å². The van der Waals surface area contributed by atoms with Gasteiger partial charge in [-0.3, -0.25) is 9.78 Å². The van der Waals surface area contributed by atoms with Crippen molar-refractivity contribution in [2.24, 2.45) is 0 Å². The Kier molecular flexibility index (Phi) is 6.91. The van der Waals surface area contributed by atoms with Crippen molar-refractivity contribution in [2.45, 2.75) is 39.8 Å². The molecule has 0 saturated carbocycles. The monoisotopic (exact) mass is 525 g/mol. The third-order valence-electron chi connectivity index (χ3n) is 7.19. The Balaban J connectivity index is 1.72. The summed E-state index contributed by atoms with van der Waals surface area (Å²) >= 11 is 5.95. The van der Waals surface area contributed by atoms with Crippen LogP contribution in [0.3, 0.4) is 0 Å². The summed E-state index contributed by atoms with van der Waals surface area (Å²) in [7, 11) is 1.59. The van der Waals surface area contributed by atoms with Gasteiger partial charge in [0.2, 0.25) is 5.91 Å². The summed E-state index contributed by atoms with van der Waals surface area (Å²) in [6.45, 7) is 7.97. The van der Waals surface area contributed by atoms with Gasteiger partial charge in [0.25, 0.3) is 0 Å². The lowest BCUT2D eigenvalue weighted by Gasteiger charge is -2.29. The number of carbonyl (C=O) groups is 1. The number of rotatable bonds is 6. The summed E-state index contributed by atoms with van der Waals surface area (Å²) in [5.74, 6) is 0.408. The molecule has 5 rings (SSSR count). The number of nitrogens with zero attached hydrogens (tertiary/aromatic N) is 3. The molecule has 1 amide bonds. The minimum absolute atomic E-state index is 0.173. The number of amides is 1. The second kappa shape index (κ2) is 10.3. The van der Waals surface area contributed by atoms with Gasteiger partial charge in [-0.05, 0) is 81.0 Å². The average Bonchev–Trinajstić information content (AvgIpc) is 3.36. The number of pyridine rings is 1. The van der Waals surface area contributed by atoms with Crippen LogP contribution < -0.4 is 20.3 Å². The fourth-order valence-corrected chi connectivity index (χ4v) is 5.81. The summed E-state index contributed by atoms with van der Waals surface area (Å²) in [6, 6.07) is 21.7. The van der Waals surface area contributed by atoms with E-state index >= 15 is 0 Å². The summed E-state index contributed by atoms with van der Waals surface area (Å²) in [5.41, 5.74) is 8.16. The van der Waals surface area contributed by atoms with Crippen LogP contribution in [-0.2, 0) is 4.79 Å². The van der Waals surface area contributed by atoms with Crippen molar-refractivity contribution in [3.8, 4) is 11.4 Å². The molecule has 2 atom stereocenters. The molecular weight excluding hydrogens is 494 g/mol. The Labute approximate surface area is 228 Å². The Morgan fingerprint density at radius 3 is 2.39 bits per heavy atom. The molecule has 1 fully saturated rings. The van der Waals surface area contributed by atoms with E-state index in [-0.39, 0.29) is 18.0 Å². The highest BCUT2D eigenvalue weighted by molar-refractivity contribution is 7.80. The number of methoxy groups -OCH3 is 1. The van der Waals surface area contributed by atoms with Gasteiger partial charge in [-0.1, -0.05) is 24.3 Å². The first kappa shape index (κ1) is 25.5. The largest absolute Gasteiger partial charge is 0.495 e. The molecule has 194 valence electrons. The summed E-state index contributed by atoms with van der Waals surface area (Å²) < 4.78 is 7.81. The first-order valence-electron chi connectivity index (χ1n) is 12.5. The van der Waals surface area contributed by atoms with Gasteiger partial charge in [-0.25, -0.2) is 0 Å². The van der Waals surface area contributed by atoms with Gasteiger partial charge in [0, 0.05) is 41.4 Å². The quantitative estimate of drug-likeness (QED) is 0.304. The predicted octanol–water partition coefficient (Wildman–Crippen LogP) is 5.94. The first-order valence-corrected chi connectivity index (χ1v) is 12.9. The van der Waals surface area contributed by atoms with E-state index in [4.69, 9.17) is 21.9 Å². The average molecular weight is 526 g/mol. The molecule has 2 aromatic carbocycles. The Morgan fingerprint density at radius 1 is 1.00 bits per heavy atom. The zero-order valence-electron chi connectivity index (χ0n) is 22.1. The summed E-state index contributed by atoms with van der Waals surface area (Å²) in [5, 5.41) is 7.02. The van der Waals surface area contributed by atoms with Crippen molar-refractivity contribution in [3.63, 3.8) is 0 Å². The van der Waals surface area contributed by atoms with Crippen molar-refractivity contribution in [3.05, 3.63) is 101 Å². The predicted molar refractivity (Wildman–Crippen MR) is 155 cm³/mol. The van der Waals surface area contributed by atoms with Crippen molar-refractivity contribution >= 4 is 34.6 Å². The zero-order chi connectivity index (χ0) is 27.0. The SMILES string of the molecule is COc1ccc(N2C(=S)N[C@@H](c3ccccn3)[C@@H]2c2c(C)c(C)n(-c3ccccc3)c2C)cc1NC(C)=O. The second-order valence-electron chi connectivity index (χ2n) is 9.44. The number of thiocarbonyl (C=S) groups is 1. The number of aromatic nitrogens is 2. The van der Waals surface area contributed by atoms with Gasteiger partial charge in [0.1, 0.15) is 5.75 Å². The summed E-state index contributed by atoms with van der Waals surface area (Å²) in [4.78, 5) is 18.8. The molecule has 0 aliphatic carbocycles. The van der Waals surface area contributed by atoms with E-state index in [1.165, 1.54) is 23.7 Å². The molecule has 0 radical (unpaired) electrons. The van der Waals surface area contributed by atoms with E-state index in [1.807, 2.05) is 48.7 Å². The molecule has 0 bridgehead atoms. The molecule has 0 unspecified atom stereocenters. The van der Waals surface area contributed by atoms with Crippen LogP contribution in [-0.4, -0.2) is 27.7 Å². The van der Waals surface area contributed by atoms with Crippen molar-refractivity contribution < 1.29 is 9.53 Å².